The number of amides is 2. The lowest BCUT2D eigenvalue weighted by atomic mass is 10.1. The summed E-state index contributed by atoms with van der Waals surface area (Å²) >= 11 is 0. The first-order valence-electron chi connectivity index (χ1n) is 8.16. The fraction of sp³-hybridized carbons (Fsp3) is 0.444. The topological polar surface area (TPSA) is 56.4 Å². The highest BCUT2D eigenvalue weighted by Crippen LogP contribution is 2.26. The minimum atomic E-state index is -0.380. The zero-order chi connectivity index (χ0) is 17.4. The van der Waals surface area contributed by atoms with Crippen LogP contribution in [0.5, 0.6) is 0 Å². The maximum absolute atomic E-state index is 13.6. The standard InChI is InChI=1S/C18H22FN3O2/c1-11-13(14-9-12(19)6-7-15(14)20-11)10-17(23)22-8-4-5-16(22)18(24)21(2)3/h6-7,9,16,20H,4-5,8,10H2,1-3H3. The molecule has 1 N–H and O–H groups in total. The van der Waals surface area contributed by atoms with E-state index < -0.39 is 0 Å². The highest BCUT2D eigenvalue weighted by atomic mass is 19.1. The Labute approximate surface area is 140 Å². The molecule has 2 heterocycles. The van der Waals surface area contributed by atoms with E-state index >= 15 is 0 Å². The van der Waals surface area contributed by atoms with Crippen molar-refractivity contribution in [3.8, 4) is 0 Å². The maximum Gasteiger partial charge on any atom is 0.244 e. The molecule has 1 aromatic carbocycles. The van der Waals surface area contributed by atoms with Gasteiger partial charge in [-0.2, -0.15) is 0 Å². The Hall–Kier alpha value is -2.37. The van der Waals surface area contributed by atoms with Gasteiger partial charge in [0, 0.05) is 37.2 Å². The van der Waals surface area contributed by atoms with Crippen LogP contribution >= 0.6 is 0 Å². The number of aromatic amines is 1. The number of rotatable bonds is 3. The fourth-order valence-electron chi connectivity index (χ4n) is 3.46. The first-order chi connectivity index (χ1) is 11.4. The van der Waals surface area contributed by atoms with Gasteiger partial charge in [0.15, 0.2) is 0 Å². The summed E-state index contributed by atoms with van der Waals surface area (Å²) in [5.74, 6) is -0.444. The smallest absolute Gasteiger partial charge is 0.244 e. The second-order valence-corrected chi connectivity index (χ2v) is 6.57. The molecule has 1 saturated heterocycles. The Morgan fingerprint density at radius 2 is 2.12 bits per heavy atom. The number of carbonyl (C=O) groups excluding carboxylic acids is 2. The van der Waals surface area contributed by atoms with Gasteiger partial charge in [-0.3, -0.25) is 9.59 Å². The average molecular weight is 331 g/mol. The number of hydrogen-bond donors (Lipinski definition) is 1. The SMILES string of the molecule is Cc1[nH]c2ccc(F)cc2c1CC(=O)N1CCCC1C(=O)N(C)C. The van der Waals surface area contributed by atoms with Crippen LogP contribution in [-0.4, -0.2) is 53.3 Å². The van der Waals surface area contributed by atoms with Crippen molar-refractivity contribution in [2.24, 2.45) is 0 Å². The summed E-state index contributed by atoms with van der Waals surface area (Å²) in [6, 6.07) is 4.15. The number of halogens is 1. The Kier molecular flexibility index (Phi) is 4.30. The maximum atomic E-state index is 13.6. The van der Waals surface area contributed by atoms with E-state index in [1.54, 1.807) is 25.1 Å². The Morgan fingerprint density at radius 1 is 1.38 bits per heavy atom. The van der Waals surface area contributed by atoms with Crippen molar-refractivity contribution in [3.05, 3.63) is 35.3 Å². The lowest BCUT2D eigenvalue weighted by molar-refractivity contribution is -0.141. The summed E-state index contributed by atoms with van der Waals surface area (Å²) < 4.78 is 13.6. The van der Waals surface area contributed by atoms with E-state index in [4.69, 9.17) is 0 Å². The first kappa shape index (κ1) is 16.5. The van der Waals surface area contributed by atoms with Crippen molar-refractivity contribution < 1.29 is 14.0 Å². The van der Waals surface area contributed by atoms with Crippen LogP contribution < -0.4 is 0 Å². The lowest BCUT2D eigenvalue weighted by Crippen LogP contribution is -2.46. The Balaban J connectivity index is 1.86. The van der Waals surface area contributed by atoms with E-state index in [1.807, 2.05) is 6.92 Å². The van der Waals surface area contributed by atoms with Crippen LogP contribution in [0.3, 0.4) is 0 Å². The van der Waals surface area contributed by atoms with Gasteiger partial charge in [0.05, 0.1) is 6.42 Å². The minimum absolute atomic E-state index is 0.0393. The zero-order valence-corrected chi connectivity index (χ0v) is 14.2. The molecule has 0 spiro atoms. The van der Waals surface area contributed by atoms with E-state index in [2.05, 4.69) is 4.98 Å². The molecule has 5 nitrogen and oxygen atoms in total. The molecule has 0 bridgehead atoms. The number of nitrogens with zero attached hydrogens (tertiary/aromatic N) is 2. The van der Waals surface area contributed by atoms with Crippen molar-refractivity contribution in [2.45, 2.75) is 32.2 Å². The van der Waals surface area contributed by atoms with E-state index in [9.17, 15) is 14.0 Å². The molecule has 1 aliphatic rings. The van der Waals surface area contributed by atoms with Gasteiger partial charge >= 0.3 is 0 Å². The monoisotopic (exact) mass is 331 g/mol. The molecule has 0 aliphatic carbocycles. The fourth-order valence-corrected chi connectivity index (χ4v) is 3.46. The summed E-state index contributed by atoms with van der Waals surface area (Å²) in [7, 11) is 3.41. The van der Waals surface area contributed by atoms with E-state index in [1.165, 1.54) is 17.0 Å². The number of likely N-dealkylation sites (N-methyl/N-ethyl adjacent to an activating group) is 1. The minimum Gasteiger partial charge on any atom is -0.358 e. The molecule has 6 heteroatoms. The van der Waals surface area contributed by atoms with Crippen LogP contribution in [0.2, 0.25) is 0 Å². The average Bonchev–Trinajstić information content (AvgIpc) is 3.12. The van der Waals surface area contributed by atoms with Crippen molar-refractivity contribution in [1.29, 1.82) is 0 Å². The predicted molar refractivity (Wildman–Crippen MR) is 90.1 cm³/mol. The van der Waals surface area contributed by atoms with Crippen LogP contribution in [0.1, 0.15) is 24.1 Å². The van der Waals surface area contributed by atoms with Crippen LogP contribution in [0.15, 0.2) is 18.2 Å². The van der Waals surface area contributed by atoms with Crippen LogP contribution in [-0.2, 0) is 16.0 Å². The second kappa shape index (κ2) is 6.26. The van der Waals surface area contributed by atoms with Crippen molar-refractivity contribution >= 4 is 22.7 Å². The van der Waals surface area contributed by atoms with Gasteiger partial charge in [-0.1, -0.05) is 0 Å². The molecule has 0 saturated carbocycles. The molecule has 1 fully saturated rings. The van der Waals surface area contributed by atoms with Gasteiger partial charge in [0.25, 0.3) is 0 Å². The normalized spacial score (nSPS) is 17.5. The largest absolute Gasteiger partial charge is 0.358 e. The van der Waals surface area contributed by atoms with Crippen LogP contribution in [0.4, 0.5) is 4.39 Å². The third kappa shape index (κ3) is 2.88. The molecule has 0 radical (unpaired) electrons. The van der Waals surface area contributed by atoms with Gasteiger partial charge in [0.2, 0.25) is 11.8 Å². The summed E-state index contributed by atoms with van der Waals surface area (Å²) in [6.07, 6.45) is 1.70. The molecule has 1 aromatic heterocycles. The highest BCUT2D eigenvalue weighted by Gasteiger charge is 2.35. The Bertz CT molecular complexity index is 797. The Morgan fingerprint density at radius 3 is 2.83 bits per heavy atom. The summed E-state index contributed by atoms with van der Waals surface area (Å²) in [5.41, 5.74) is 2.48. The molecular weight excluding hydrogens is 309 g/mol. The molecule has 1 atom stereocenters. The zero-order valence-electron chi connectivity index (χ0n) is 14.2. The van der Waals surface area contributed by atoms with Gasteiger partial charge in [0.1, 0.15) is 11.9 Å². The quantitative estimate of drug-likeness (QED) is 0.938. The summed E-state index contributed by atoms with van der Waals surface area (Å²) in [5, 5.41) is 0.732. The second-order valence-electron chi connectivity index (χ2n) is 6.57. The van der Waals surface area contributed by atoms with Gasteiger partial charge in [-0.15, -0.1) is 0 Å². The third-order valence-electron chi connectivity index (χ3n) is 4.71. The van der Waals surface area contributed by atoms with Crippen LogP contribution in [0.25, 0.3) is 10.9 Å². The van der Waals surface area contributed by atoms with E-state index in [0.717, 1.165) is 28.6 Å². The molecule has 2 aromatic rings. The number of nitrogens with one attached hydrogen (secondary N) is 1. The number of benzene rings is 1. The molecule has 128 valence electrons. The lowest BCUT2D eigenvalue weighted by Gasteiger charge is -2.26. The molecule has 1 aliphatic heterocycles. The number of H-pyrrole nitrogens is 1. The summed E-state index contributed by atoms with van der Waals surface area (Å²) in [4.78, 5) is 31.4. The third-order valence-corrected chi connectivity index (χ3v) is 4.71. The number of aryl methyl sites for hydroxylation is 1. The highest BCUT2D eigenvalue weighted by molar-refractivity contribution is 5.93. The van der Waals surface area contributed by atoms with Gasteiger partial charge in [-0.25, -0.2) is 4.39 Å². The van der Waals surface area contributed by atoms with Gasteiger partial charge in [-0.05, 0) is 43.5 Å². The summed E-state index contributed by atoms with van der Waals surface area (Å²) in [6.45, 7) is 2.48. The number of aromatic nitrogens is 1. The number of likely N-dealkylation sites (tertiary alicyclic amines) is 1. The molecule has 2 amide bonds. The molecule has 3 rings (SSSR count). The van der Waals surface area contributed by atoms with Gasteiger partial charge < -0.3 is 14.8 Å². The molecule has 24 heavy (non-hydrogen) atoms. The first-order valence-corrected chi connectivity index (χ1v) is 8.16. The van der Waals surface area contributed by atoms with E-state index in [-0.39, 0.29) is 30.1 Å². The molecular formula is C18H22FN3O2. The van der Waals surface area contributed by atoms with Crippen molar-refractivity contribution in [1.82, 2.24) is 14.8 Å². The van der Waals surface area contributed by atoms with Crippen LogP contribution in [0, 0.1) is 12.7 Å². The molecule has 1 unspecified atom stereocenters. The number of fused-ring (bicyclic) bond motifs is 1. The van der Waals surface area contributed by atoms with Crippen molar-refractivity contribution in [2.75, 3.05) is 20.6 Å². The number of hydrogen-bond acceptors (Lipinski definition) is 2. The predicted octanol–water partition coefficient (Wildman–Crippen LogP) is 2.24. The number of carbonyl (C=O) groups is 2. The van der Waals surface area contributed by atoms with E-state index in [0.29, 0.717) is 13.0 Å². The van der Waals surface area contributed by atoms with Crippen molar-refractivity contribution in [3.63, 3.8) is 0 Å².